The topological polar surface area (TPSA) is 32.3 Å². The Hall–Kier alpha value is -1.61. The summed E-state index contributed by atoms with van der Waals surface area (Å²) in [5.74, 6) is -0.0337. The Balaban J connectivity index is 2.43. The Morgan fingerprint density at radius 2 is 1.81 bits per heavy atom. The van der Waals surface area contributed by atoms with Gasteiger partial charge in [0.1, 0.15) is 0 Å². The summed E-state index contributed by atoms with van der Waals surface area (Å²) in [4.78, 5) is 13.8. The van der Waals surface area contributed by atoms with E-state index < -0.39 is 0 Å². The molecule has 3 nitrogen and oxygen atoms in total. The van der Waals surface area contributed by atoms with Crippen molar-refractivity contribution in [2.24, 2.45) is 0 Å². The number of benzene rings is 1. The molecule has 3 heteroatoms. The highest BCUT2D eigenvalue weighted by molar-refractivity contribution is 5.91. The van der Waals surface area contributed by atoms with Gasteiger partial charge in [-0.2, -0.15) is 0 Å². The lowest BCUT2D eigenvalue weighted by atomic mass is 9.87. The van der Waals surface area contributed by atoms with E-state index in [1.165, 1.54) is 5.56 Å². The highest BCUT2D eigenvalue weighted by Gasteiger charge is 2.12. The van der Waals surface area contributed by atoms with Crippen molar-refractivity contribution in [3.63, 3.8) is 0 Å². The van der Waals surface area contributed by atoms with Gasteiger partial charge in [0.25, 0.3) is 0 Å². The third-order valence-corrected chi connectivity index (χ3v) is 3.29. The smallest absolute Gasteiger partial charge is 0.243 e. The van der Waals surface area contributed by atoms with Crippen LogP contribution in [0, 0.1) is 0 Å². The van der Waals surface area contributed by atoms with Gasteiger partial charge in [0.15, 0.2) is 0 Å². The predicted octanol–water partition coefficient (Wildman–Crippen LogP) is 3.07. The van der Waals surface area contributed by atoms with Gasteiger partial charge >= 0.3 is 0 Å². The van der Waals surface area contributed by atoms with Crippen LogP contribution in [0.3, 0.4) is 0 Å². The molecule has 0 aliphatic rings. The molecule has 0 fully saturated rings. The SMILES string of the molecule is CN(C)CCCNC(=O)/C=C\c1ccc(C(C)(C)C)cc1. The molecule has 0 heterocycles. The summed E-state index contributed by atoms with van der Waals surface area (Å²) < 4.78 is 0. The molecule has 0 spiro atoms. The average Bonchev–Trinajstić information content (AvgIpc) is 2.40. The molecule has 0 radical (unpaired) electrons. The molecule has 0 aliphatic carbocycles. The third-order valence-electron chi connectivity index (χ3n) is 3.29. The number of nitrogens with zero attached hydrogens (tertiary/aromatic N) is 1. The van der Waals surface area contributed by atoms with Crippen LogP contribution in [0.25, 0.3) is 6.08 Å². The fourth-order valence-corrected chi connectivity index (χ4v) is 1.93. The second-order valence-corrected chi connectivity index (χ2v) is 6.65. The molecule has 1 aromatic carbocycles. The number of nitrogens with one attached hydrogen (secondary N) is 1. The summed E-state index contributed by atoms with van der Waals surface area (Å²) >= 11 is 0. The van der Waals surface area contributed by atoms with E-state index in [1.54, 1.807) is 6.08 Å². The Bertz CT molecular complexity index is 467. The maximum Gasteiger partial charge on any atom is 0.243 e. The average molecular weight is 288 g/mol. The maximum absolute atomic E-state index is 11.7. The first kappa shape index (κ1) is 17.4. The van der Waals surface area contributed by atoms with E-state index in [0.29, 0.717) is 6.54 Å². The first-order chi connectivity index (χ1) is 9.79. The van der Waals surface area contributed by atoms with E-state index in [9.17, 15) is 4.79 Å². The molecule has 21 heavy (non-hydrogen) atoms. The highest BCUT2D eigenvalue weighted by atomic mass is 16.1. The molecule has 116 valence electrons. The first-order valence-corrected chi connectivity index (χ1v) is 7.50. The second-order valence-electron chi connectivity index (χ2n) is 6.65. The fraction of sp³-hybridized carbons (Fsp3) is 0.500. The van der Waals surface area contributed by atoms with Gasteiger partial charge in [-0.15, -0.1) is 0 Å². The van der Waals surface area contributed by atoms with E-state index in [2.05, 4.69) is 55.3 Å². The molecule has 0 aromatic heterocycles. The molecule has 1 rings (SSSR count). The number of amides is 1. The quantitative estimate of drug-likeness (QED) is 0.644. The van der Waals surface area contributed by atoms with Crippen molar-refractivity contribution in [1.82, 2.24) is 10.2 Å². The number of rotatable bonds is 6. The highest BCUT2D eigenvalue weighted by Crippen LogP contribution is 2.22. The zero-order chi connectivity index (χ0) is 15.9. The van der Waals surface area contributed by atoms with Gasteiger partial charge in [0.05, 0.1) is 0 Å². The lowest BCUT2D eigenvalue weighted by molar-refractivity contribution is -0.116. The van der Waals surface area contributed by atoms with Crippen LogP contribution in [-0.4, -0.2) is 38.0 Å². The fourth-order valence-electron chi connectivity index (χ4n) is 1.93. The van der Waals surface area contributed by atoms with Crippen molar-refractivity contribution in [3.8, 4) is 0 Å². The van der Waals surface area contributed by atoms with Gasteiger partial charge in [-0.1, -0.05) is 45.0 Å². The van der Waals surface area contributed by atoms with Gasteiger partial charge in [-0.05, 0) is 49.7 Å². The van der Waals surface area contributed by atoms with E-state index >= 15 is 0 Å². The number of hydrogen-bond donors (Lipinski definition) is 1. The standard InChI is InChI=1S/C18H28N2O/c1-18(2,3)16-10-7-15(8-11-16)9-12-17(21)19-13-6-14-20(4)5/h7-12H,6,13-14H2,1-5H3,(H,19,21)/b12-9-. The zero-order valence-corrected chi connectivity index (χ0v) is 13.9. The molecule has 1 aromatic rings. The normalized spacial score (nSPS) is 12.1. The van der Waals surface area contributed by atoms with Gasteiger partial charge < -0.3 is 10.2 Å². The number of hydrogen-bond acceptors (Lipinski definition) is 2. The zero-order valence-electron chi connectivity index (χ0n) is 13.9. The minimum absolute atomic E-state index is 0.0337. The molecule has 0 saturated carbocycles. The van der Waals surface area contributed by atoms with Crippen molar-refractivity contribution >= 4 is 12.0 Å². The van der Waals surface area contributed by atoms with Crippen molar-refractivity contribution in [2.45, 2.75) is 32.6 Å². The first-order valence-electron chi connectivity index (χ1n) is 7.50. The number of carbonyl (C=O) groups excluding carboxylic acids is 1. The number of carbonyl (C=O) groups is 1. The molecule has 0 bridgehead atoms. The Labute approximate surface area is 129 Å². The maximum atomic E-state index is 11.7. The van der Waals surface area contributed by atoms with Crippen LogP contribution in [0.4, 0.5) is 0 Å². The Morgan fingerprint density at radius 3 is 2.33 bits per heavy atom. The summed E-state index contributed by atoms with van der Waals surface area (Å²) in [6.07, 6.45) is 4.42. The van der Waals surface area contributed by atoms with Crippen molar-refractivity contribution in [1.29, 1.82) is 0 Å². The summed E-state index contributed by atoms with van der Waals surface area (Å²) in [5.41, 5.74) is 2.51. The van der Waals surface area contributed by atoms with Crippen LogP contribution in [-0.2, 0) is 10.2 Å². The van der Waals surface area contributed by atoms with Gasteiger partial charge in [-0.3, -0.25) is 4.79 Å². The lowest BCUT2D eigenvalue weighted by Crippen LogP contribution is -2.25. The van der Waals surface area contributed by atoms with Crippen LogP contribution >= 0.6 is 0 Å². The summed E-state index contributed by atoms with van der Waals surface area (Å²) in [6, 6.07) is 8.34. The van der Waals surface area contributed by atoms with Gasteiger partial charge in [0.2, 0.25) is 5.91 Å². The summed E-state index contributed by atoms with van der Waals surface area (Å²) in [6.45, 7) is 8.28. The Morgan fingerprint density at radius 1 is 1.19 bits per heavy atom. The third kappa shape index (κ3) is 7.09. The van der Waals surface area contributed by atoms with Crippen LogP contribution in [0.1, 0.15) is 38.3 Å². The van der Waals surface area contributed by atoms with Gasteiger partial charge in [-0.25, -0.2) is 0 Å². The van der Waals surface area contributed by atoms with Crippen LogP contribution in [0.5, 0.6) is 0 Å². The molecule has 1 amide bonds. The summed E-state index contributed by atoms with van der Waals surface area (Å²) in [5, 5.41) is 2.89. The molecule has 0 aliphatic heterocycles. The van der Waals surface area contributed by atoms with E-state index in [4.69, 9.17) is 0 Å². The van der Waals surface area contributed by atoms with Gasteiger partial charge in [0, 0.05) is 12.6 Å². The lowest BCUT2D eigenvalue weighted by Gasteiger charge is -2.18. The van der Waals surface area contributed by atoms with E-state index in [1.807, 2.05) is 20.2 Å². The van der Waals surface area contributed by atoms with E-state index in [-0.39, 0.29) is 11.3 Å². The predicted molar refractivity (Wildman–Crippen MR) is 90.4 cm³/mol. The molecule has 0 atom stereocenters. The molecule has 0 saturated heterocycles. The summed E-state index contributed by atoms with van der Waals surface area (Å²) in [7, 11) is 4.06. The molecule has 1 N–H and O–H groups in total. The Kier molecular flexibility index (Phi) is 6.63. The van der Waals surface area contributed by atoms with Crippen LogP contribution < -0.4 is 5.32 Å². The monoisotopic (exact) mass is 288 g/mol. The van der Waals surface area contributed by atoms with Crippen LogP contribution in [0.2, 0.25) is 0 Å². The molecule has 0 unspecified atom stereocenters. The van der Waals surface area contributed by atoms with Crippen molar-refractivity contribution in [3.05, 3.63) is 41.5 Å². The van der Waals surface area contributed by atoms with Crippen molar-refractivity contribution < 1.29 is 4.79 Å². The largest absolute Gasteiger partial charge is 0.353 e. The van der Waals surface area contributed by atoms with Crippen LogP contribution in [0.15, 0.2) is 30.3 Å². The second kappa shape index (κ2) is 7.99. The van der Waals surface area contributed by atoms with Crippen molar-refractivity contribution in [2.75, 3.05) is 27.2 Å². The minimum Gasteiger partial charge on any atom is -0.353 e. The molecular formula is C18H28N2O. The molecular weight excluding hydrogens is 260 g/mol. The van der Waals surface area contributed by atoms with E-state index in [0.717, 1.165) is 18.5 Å². The minimum atomic E-state index is -0.0337.